The van der Waals surface area contributed by atoms with Gasteiger partial charge >= 0.3 is 0 Å². The predicted octanol–water partition coefficient (Wildman–Crippen LogP) is 3.03. The molecule has 0 atom stereocenters. The molecule has 4 rings (SSSR count). The molecule has 0 aliphatic carbocycles. The van der Waals surface area contributed by atoms with Crippen molar-refractivity contribution >= 4 is 6.21 Å². The van der Waals surface area contributed by atoms with Crippen LogP contribution in [0, 0.1) is 0 Å². The average Bonchev–Trinajstić information content (AvgIpc) is 3.42. The molecule has 0 fully saturated rings. The topological polar surface area (TPSA) is 79.4 Å². The van der Waals surface area contributed by atoms with Crippen LogP contribution in [-0.4, -0.2) is 45.1 Å². The second-order valence-corrected chi connectivity index (χ2v) is 5.87. The van der Waals surface area contributed by atoms with Gasteiger partial charge in [-0.25, -0.2) is 9.36 Å². The van der Waals surface area contributed by atoms with Crippen LogP contribution in [0.2, 0.25) is 0 Å². The van der Waals surface area contributed by atoms with Crippen molar-refractivity contribution in [1.29, 1.82) is 0 Å². The number of hydrogen-bond acceptors (Lipinski definition) is 6. The van der Waals surface area contributed by atoms with E-state index in [1.165, 1.54) is 17.3 Å². The monoisotopic (exact) mass is 374 g/mol. The van der Waals surface area contributed by atoms with Gasteiger partial charge in [-0.2, -0.15) is 10.2 Å². The number of ether oxygens (including phenoxy) is 2. The summed E-state index contributed by atoms with van der Waals surface area (Å²) in [6.07, 6.45) is 6.69. The molecule has 2 aromatic heterocycles. The highest BCUT2D eigenvalue weighted by atomic mass is 16.5. The third-order valence-corrected chi connectivity index (χ3v) is 4.16. The first-order valence-corrected chi connectivity index (χ1v) is 8.55. The SMILES string of the molecule is COc1ccc(-c2nn(-c3ccccc3)cc2/C=N\n2cnnc2)cc1OC. The van der Waals surface area contributed by atoms with Gasteiger partial charge in [0, 0.05) is 17.3 Å². The van der Waals surface area contributed by atoms with E-state index in [0.29, 0.717) is 11.5 Å². The Bertz CT molecular complexity index is 1090. The smallest absolute Gasteiger partial charge is 0.161 e. The maximum Gasteiger partial charge on any atom is 0.161 e. The lowest BCUT2D eigenvalue weighted by molar-refractivity contribution is 0.355. The molecule has 0 saturated heterocycles. The Hall–Kier alpha value is -3.94. The summed E-state index contributed by atoms with van der Waals surface area (Å²) >= 11 is 0. The average molecular weight is 374 g/mol. The lowest BCUT2D eigenvalue weighted by Crippen LogP contribution is -1.95. The van der Waals surface area contributed by atoms with Crippen molar-refractivity contribution in [3.05, 3.63) is 72.9 Å². The summed E-state index contributed by atoms with van der Waals surface area (Å²) in [5, 5.41) is 16.6. The van der Waals surface area contributed by atoms with Gasteiger partial charge < -0.3 is 9.47 Å². The lowest BCUT2D eigenvalue weighted by atomic mass is 10.1. The van der Waals surface area contributed by atoms with E-state index in [9.17, 15) is 0 Å². The molecule has 0 bridgehead atoms. The van der Waals surface area contributed by atoms with Gasteiger partial charge in [0.15, 0.2) is 11.5 Å². The van der Waals surface area contributed by atoms with Gasteiger partial charge in [0.1, 0.15) is 18.3 Å². The van der Waals surface area contributed by atoms with Crippen molar-refractivity contribution in [2.24, 2.45) is 5.10 Å². The Morgan fingerprint density at radius 1 is 0.929 bits per heavy atom. The van der Waals surface area contributed by atoms with E-state index in [-0.39, 0.29) is 0 Å². The molecular weight excluding hydrogens is 356 g/mol. The van der Waals surface area contributed by atoms with Gasteiger partial charge in [-0.1, -0.05) is 18.2 Å². The van der Waals surface area contributed by atoms with Crippen LogP contribution >= 0.6 is 0 Å². The highest BCUT2D eigenvalue weighted by Gasteiger charge is 2.14. The zero-order valence-electron chi connectivity index (χ0n) is 15.4. The molecule has 0 unspecified atom stereocenters. The Morgan fingerprint density at radius 3 is 2.39 bits per heavy atom. The third kappa shape index (κ3) is 3.48. The van der Waals surface area contributed by atoms with Crippen LogP contribution in [0.4, 0.5) is 0 Å². The maximum atomic E-state index is 5.43. The molecule has 0 radical (unpaired) electrons. The standard InChI is InChI=1S/C20H18N6O2/c1-27-18-9-8-15(10-19(18)28-2)20-16(11-23-25-13-21-22-14-25)12-26(24-20)17-6-4-3-5-7-17/h3-14H,1-2H3/b23-11-. The Kier molecular flexibility index (Phi) is 4.83. The highest BCUT2D eigenvalue weighted by molar-refractivity contribution is 5.89. The fourth-order valence-corrected chi connectivity index (χ4v) is 2.79. The summed E-state index contributed by atoms with van der Waals surface area (Å²) in [4.78, 5) is 0. The van der Waals surface area contributed by atoms with E-state index >= 15 is 0 Å². The number of aromatic nitrogens is 5. The molecule has 8 heteroatoms. The van der Waals surface area contributed by atoms with Gasteiger partial charge in [0.05, 0.1) is 26.1 Å². The second kappa shape index (κ2) is 7.75. The Labute approximate surface area is 161 Å². The molecule has 8 nitrogen and oxygen atoms in total. The van der Waals surface area contributed by atoms with Crippen molar-refractivity contribution < 1.29 is 9.47 Å². The minimum atomic E-state index is 0.635. The quantitative estimate of drug-likeness (QED) is 0.485. The molecule has 0 saturated carbocycles. The van der Waals surface area contributed by atoms with Gasteiger partial charge in [0.25, 0.3) is 0 Å². The predicted molar refractivity (Wildman–Crippen MR) is 105 cm³/mol. The largest absolute Gasteiger partial charge is 0.493 e. The minimum Gasteiger partial charge on any atom is -0.493 e. The fourth-order valence-electron chi connectivity index (χ4n) is 2.79. The van der Waals surface area contributed by atoms with Crippen LogP contribution in [0.1, 0.15) is 5.56 Å². The minimum absolute atomic E-state index is 0.635. The van der Waals surface area contributed by atoms with Crippen LogP contribution in [0.25, 0.3) is 16.9 Å². The molecule has 0 amide bonds. The van der Waals surface area contributed by atoms with Crippen LogP contribution < -0.4 is 9.47 Å². The van der Waals surface area contributed by atoms with Gasteiger partial charge in [-0.05, 0) is 30.3 Å². The number of methoxy groups -OCH3 is 2. The van der Waals surface area contributed by atoms with Gasteiger partial charge in [-0.3, -0.25) is 0 Å². The highest BCUT2D eigenvalue weighted by Crippen LogP contribution is 2.33. The summed E-state index contributed by atoms with van der Waals surface area (Å²) < 4.78 is 14.1. The van der Waals surface area contributed by atoms with Crippen molar-refractivity contribution in [3.8, 4) is 28.4 Å². The Balaban J connectivity index is 1.81. The van der Waals surface area contributed by atoms with E-state index in [1.54, 1.807) is 20.4 Å². The van der Waals surface area contributed by atoms with Crippen molar-refractivity contribution in [2.75, 3.05) is 14.2 Å². The van der Waals surface area contributed by atoms with E-state index in [2.05, 4.69) is 15.3 Å². The van der Waals surface area contributed by atoms with Crippen molar-refractivity contribution in [1.82, 2.24) is 24.7 Å². The van der Waals surface area contributed by atoms with Gasteiger partial charge in [0.2, 0.25) is 0 Å². The molecule has 28 heavy (non-hydrogen) atoms. The summed E-state index contributed by atoms with van der Waals surface area (Å²) in [6, 6.07) is 15.6. The molecule has 0 spiro atoms. The number of para-hydroxylation sites is 1. The Morgan fingerprint density at radius 2 is 1.68 bits per heavy atom. The van der Waals surface area contributed by atoms with Crippen molar-refractivity contribution in [3.63, 3.8) is 0 Å². The molecule has 2 heterocycles. The molecule has 0 aliphatic heterocycles. The van der Waals surface area contributed by atoms with Crippen LogP contribution in [-0.2, 0) is 0 Å². The van der Waals surface area contributed by atoms with E-state index in [0.717, 1.165) is 22.5 Å². The van der Waals surface area contributed by atoms with Crippen LogP contribution in [0.5, 0.6) is 11.5 Å². The number of hydrogen-bond donors (Lipinski definition) is 0. The normalized spacial score (nSPS) is 11.1. The molecule has 2 aromatic carbocycles. The number of rotatable bonds is 6. The molecular formula is C20H18N6O2. The summed E-state index contributed by atoms with van der Waals surface area (Å²) in [5.74, 6) is 1.30. The first-order valence-electron chi connectivity index (χ1n) is 8.55. The molecule has 4 aromatic rings. The number of benzene rings is 2. The van der Waals surface area contributed by atoms with E-state index < -0.39 is 0 Å². The molecule has 140 valence electrons. The zero-order chi connectivity index (χ0) is 19.3. The molecule has 0 N–H and O–H groups in total. The van der Waals surface area contributed by atoms with E-state index in [4.69, 9.17) is 14.6 Å². The first-order chi connectivity index (χ1) is 13.8. The maximum absolute atomic E-state index is 5.43. The van der Waals surface area contributed by atoms with Crippen LogP contribution in [0.3, 0.4) is 0 Å². The third-order valence-electron chi connectivity index (χ3n) is 4.16. The lowest BCUT2D eigenvalue weighted by Gasteiger charge is -2.09. The zero-order valence-corrected chi connectivity index (χ0v) is 15.4. The van der Waals surface area contributed by atoms with Crippen molar-refractivity contribution in [2.45, 2.75) is 0 Å². The van der Waals surface area contributed by atoms with E-state index in [1.807, 2.05) is 59.4 Å². The van der Waals surface area contributed by atoms with Crippen LogP contribution in [0.15, 0.2) is 72.5 Å². The molecule has 0 aliphatic rings. The second-order valence-electron chi connectivity index (χ2n) is 5.87. The number of nitrogens with zero attached hydrogens (tertiary/aromatic N) is 6. The fraction of sp³-hybridized carbons (Fsp3) is 0.100. The summed E-state index contributed by atoms with van der Waals surface area (Å²) in [5.41, 5.74) is 3.44. The first kappa shape index (κ1) is 17.5. The van der Waals surface area contributed by atoms with Gasteiger partial charge in [-0.15, -0.1) is 10.2 Å². The summed E-state index contributed by atoms with van der Waals surface area (Å²) in [6.45, 7) is 0. The summed E-state index contributed by atoms with van der Waals surface area (Å²) in [7, 11) is 3.22.